The molecule has 17 heavy (non-hydrogen) atoms. The standard InChI is InChI=1S/C14H23NOS/c1-13(2,3)11-4-6-14(16,7-5-11)8-12-9-15-10-17-12/h9-11,16H,4-8H2,1-3H3. The van der Waals surface area contributed by atoms with Gasteiger partial charge in [0.15, 0.2) is 0 Å². The van der Waals surface area contributed by atoms with Crippen molar-refractivity contribution in [3.05, 3.63) is 16.6 Å². The van der Waals surface area contributed by atoms with Crippen LogP contribution in [0.4, 0.5) is 0 Å². The normalized spacial score (nSPS) is 30.5. The monoisotopic (exact) mass is 253 g/mol. The molecule has 0 unspecified atom stereocenters. The van der Waals surface area contributed by atoms with E-state index in [0.29, 0.717) is 5.41 Å². The Balaban J connectivity index is 1.93. The lowest BCUT2D eigenvalue weighted by Gasteiger charge is -2.41. The first-order valence-electron chi connectivity index (χ1n) is 6.49. The summed E-state index contributed by atoms with van der Waals surface area (Å²) in [5, 5.41) is 10.6. The summed E-state index contributed by atoms with van der Waals surface area (Å²) in [6, 6.07) is 0. The van der Waals surface area contributed by atoms with Gasteiger partial charge >= 0.3 is 0 Å². The molecule has 1 N–H and O–H groups in total. The molecular weight excluding hydrogens is 230 g/mol. The molecule has 1 heterocycles. The van der Waals surface area contributed by atoms with Gasteiger partial charge in [-0.3, -0.25) is 4.98 Å². The predicted molar refractivity (Wildman–Crippen MR) is 72.2 cm³/mol. The molecular formula is C14H23NOS. The second-order valence-corrected chi connectivity index (χ2v) is 7.48. The zero-order chi connectivity index (χ0) is 12.5. The molecule has 1 saturated carbocycles. The summed E-state index contributed by atoms with van der Waals surface area (Å²) < 4.78 is 0. The molecule has 1 aliphatic rings. The molecule has 1 aliphatic carbocycles. The fourth-order valence-corrected chi connectivity index (χ4v) is 3.58. The van der Waals surface area contributed by atoms with Crippen molar-refractivity contribution < 1.29 is 5.11 Å². The molecule has 0 saturated heterocycles. The molecule has 0 spiro atoms. The number of rotatable bonds is 2. The van der Waals surface area contributed by atoms with Gasteiger partial charge in [-0.15, -0.1) is 11.3 Å². The van der Waals surface area contributed by atoms with Crippen LogP contribution in [0, 0.1) is 11.3 Å². The third-order valence-corrected chi connectivity index (χ3v) is 4.91. The molecule has 0 aliphatic heterocycles. The van der Waals surface area contributed by atoms with E-state index in [4.69, 9.17) is 0 Å². The minimum atomic E-state index is -0.478. The molecule has 1 fully saturated rings. The van der Waals surface area contributed by atoms with Crippen LogP contribution in [0.25, 0.3) is 0 Å². The highest BCUT2D eigenvalue weighted by molar-refractivity contribution is 7.09. The summed E-state index contributed by atoms with van der Waals surface area (Å²) in [4.78, 5) is 5.29. The van der Waals surface area contributed by atoms with Crippen LogP contribution in [0.5, 0.6) is 0 Å². The summed E-state index contributed by atoms with van der Waals surface area (Å²) in [5.41, 5.74) is 1.75. The number of hydrogen-bond acceptors (Lipinski definition) is 3. The quantitative estimate of drug-likeness (QED) is 0.872. The van der Waals surface area contributed by atoms with Crippen molar-refractivity contribution in [3.63, 3.8) is 0 Å². The first-order chi connectivity index (χ1) is 7.89. The van der Waals surface area contributed by atoms with E-state index in [1.54, 1.807) is 11.3 Å². The van der Waals surface area contributed by atoms with Crippen LogP contribution in [0.15, 0.2) is 11.7 Å². The lowest BCUT2D eigenvalue weighted by molar-refractivity contribution is -0.0239. The van der Waals surface area contributed by atoms with E-state index in [1.165, 1.54) is 4.88 Å². The molecule has 0 aromatic carbocycles. The van der Waals surface area contributed by atoms with Crippen molar-refractivity contribution in [2.24, 2.45) is 11.3 Å². The Morgan fingerprint density at radius 1 is 1.41 bits per heavy atom. The van der Waals surface area contributed by atoms with Gasteiger partial charge in [0.05, 0.1) is 11.1 Å². The Morgan fingerprint density at radius 2 is 2.06 bits per heavy atom. The maximum absolute atomic E-state index is 10.6. The zero-order valence-corrected chi connectivity index (χ0v) is 11.9. The van der Waals surface area contributed by atoms with Crippen molar-refractivity contribution in [1.29, 1.82) is 0 Å². The van der Waals surface area contributed by atoms with Crippen LogP contribution < -0.4 is 0 Å². The summed E-state index contributed by atoms with van der Waals surface area (Å²) in [6.45, 7) is 6.93. The molecule has 2 nitrogen and oxygen atoms in total. The van der Waals surface area contributed by atoms with Gasteiger partial charge in [-0.25, -0.2) is 0 Å². The first-order valence-corrected chi connectivity index (χ1v) is 7.37. The maximum Gasteiger partial charge on any atom is 0.0794 e. The predicted octanol–water partition coefficient (Wildman–Crippen LogP) is 3.65. The molecule has 0 amide bonds. The van der Waals surface area contributed by atoms with E-state index in [-0.39, 0.29) is 0 Å². The minimum Gasteiger partial charge on any atom is -0.390 e. The fourth-order valence-electron chi connectivity index (χ4n) is 2.85. The van der Waals surface area contributed by atoms with Crippen LogP contribution in [0.3, 0.4) is 0 Å². The van der Waals surface area contributed by atoms with Gasteiger partial charge in [-0.05, 0) is 37.0 Å². The van der Waals surface area contributed by atoms with Crippen LogP contribution in [-0.2, 0) is 6.42 Å². The summed E-state index contributed by atoms with van der Waals surface area (Å²) in [5.74, 6) is 0.754. The average molecular weight is 253 g/mol. The second-order valence-electron chi connectivity index (χ2n) is 6.51. The highest BCUT2D eigenvalue weighted by Crippen LogP contribution is 2.42. The lowest BCUT2D eigenvalue weighted by Crippen LogP contribution is -2.38. The van der Waals surface area contributed by atoms with E-state index in [0.717, 1.165) is 38.0 Å². The van der Waals surface area contributed by atoms with Crippen molar-refractivity contribution in [3.8, 4) is 0 Å². The number of aliphatic hydroxyl groups is 1. The van der Waals surface area contributed by atoms with Crippen molar-refractivity contribution >= 4 is 11.3 Å². The molecule has 0 bridgehead atoms. The van der Waals surface area contributed by atoms with Crippen molar-refractivity contribution in [2.45, 2.75) is 58.5 Å². The third kappa shape index (κ3) is 3.29. The van der Waals surface area contributed by atoms with E-state index < -0.39 is 5.60 Å². The van der Waals surface area contributed by atoms with Gasteiger partial charge in [-0.1, -0.05) is 20.8 Å². The summed E-state index contributed by atoms with van der Waals surface area (Å²) in [6.07, 6.45) is 6.85. The minimum absolute atomic E-state index is 0.381. The van der Waals surface area contributed by atoms with Gasteiger partial charge < -0.3 is 5.11 Å². The number of thiazole rings is 1. The van der Waals surface area contributed by atoms with Crippen LogP contribution in [0.1, 0.15) is 51.3 Å². The van der Waals surface area contributed by atoms with E-state index in [9.17, 15) is 5.11 Å². The topological polar surface area (TPSA) is 33.1 Å². The van der Waals surface area contributed by atoms with Crippen molar-refractivity contribution in [2.75, 3.05) is 0 Å². The smallest absolute Gasteiger partial charge is 0.0794 e. The van der Waals surface area contributed by atoms with E-state index in [1.807, 2.05) is 11.7 Å². The molecule has 0 atom stereocenters. The van der Waals surface area contributed by atoms with Gasteiger partial charge in [0.2, 0.25) is 0 Å². The van der Waals surface area contributed by atoms with Gasteiger partial charge in [-0.2, -0.15) is 0 Å². The van der Waals surface area contributed by atoms with Crippen LogP contribution in [-0.4, -0.2) is 15.7 Å². The lowest BCUT2D eigenvalue weighted by atomic mass is 9.67. The van der Waals surface area contributed by atoms with Gasteiger partial charge in [0, 0.05) is 17.5 Å². The Morgan fingerprint density at radius 3 is 2.53 bits per heavy atom. The van der Waals surface area contributed by atoms with E-state index >= 15 is 0 Å². The van der Waals surface area contributed by atoms with Gasteiger partial charge in [0.1, 0.15) is 0 Å². The number of hydrogen-bond donors (Lipinski definition) is 1. The molecule has 1 aromatic heterocycles. The fraction of sp³-hybridized carbons (Fsp3) is 0.786. The molecule has 0 radical (unpaired) electrons. The molecule has 2 rings (SSSR count). The third-order valence-electron chi connectivity index (χ3n) is 4.13. The van der Waals surface area contributed by atoms with Crippen LogP contribution >= 0.6 is 11.3 Å². The number of aromatic nitrogens is 1. The SMILES string of the molecule is CC(C)(C)C1CCC(O)(Cc2cncs2)CC1. The Labute approximate surface area is 108 Å². The summed E-state index contributed by atoms with van der Waals surface area (Å²) >= 11 is 1.65. The molecule has 96 valence electrons. The Kier molecular flexibility index (Phi) is 3.60. The zero-order valence-electron chi connectivity index (χ0n) is 11.1. The van der Waals surface area contributed by atoms with Gasteiger partial charge in [0.25, 0.3) is 0 Å². The largest absolute Gasteiger partial charge is 0.390 e. The Bertz CT molecular complexity index is 345. The van der Waals surface area contributed by atoms with Crippen molar-refractivity contribution in [1.82, 2.24) is 4.98 Å². The highest BCUT2D eigenvalue weighted by atomic mass is 32.1. The molecule has 1 aromatic rings. The van der Waals surface area contributed by atoms with E-state index in [2.05, 4.69) is 25.8 Å². The second kappa shape index (κ2) is 4.69. The maximum atomic E-state index is 10.6. The Hall–Kier alpha value is -0.410. The first kappa shape index (κ1) is 13.0. The number of nitrogens with zero attached hydrogens (tertiary/aromatic N) is 1. The summed E-state index contributed by atoms with van der Waals surface area (Å²) in [7, 11) is 0. The highest BCUT2D eigenvalue weighted by Gasteiger charge is 2.37. The van der Waals surface area contributed by atoms with Crippen LogP contribution in [0.2, 0.25) is 0 Å². The molecule has 3 heteroatoms. The average Bonchev–Trinajstić information content (AvgIpc) is 2.68.